The van der Waals surface area contributed by atoms with Crippen LogP contribution in [0.1, 0.15) is 107 Å². The third-order valence-electron chi connectivity index (χ3n) is 7.35. The maximum atomic E-state index is 2.41. The second-order valence-corrected chi connectivity index (χ2v) is 11.8. The molecule has 0 aromatic rings. The Kier molecular flexibility index (Phi) is 8.51. The smallest absolute Gasteiger partial charge is 0.00167 e. The van der Waals surface area contributed by atoms with Gasteiger partial charge in [-0.05, 0) is 80.3 Å². The molecule has 3 rings (SSSR count). The summed E-state index contributed by atoms with van der Waals surface area (Å²) in [6.07, 6.45) is 11.4. The molecule has 1 aliphatic heterocycles. The Morgan fingerprint density at radius 3 is 1.48 bits per heavy atom. The Hall–Kier alpha value is -0.0400. The van der Waals surface area contributed by atoms with Crippen LogP contribution in [0.4, 0.5) is 0 Å². The third-order valence-corrected chi connectivity index (χ3v) is 7.35. The molecular formula is C24H49N. The monoisotopic (exact) mass is 351 g/mol. The normalized spacial score (nSPS) is 33.0. The van der Waals surface area contributed by atoms with Crippen molar-refractivity contribution in [2.24, 2.45) is 28.1 Å². The van der Waals surface area contributed by atoms with Gasteiger partial charge in [-0.3, -0.25) is 0 Å². The molecule has 0 aromatic carbocycles. The van der Waals surface area contributed by atoms with Crippen LogP contribution in [0.5, 0.6) is 0 Å². The van der Waals surface area contributed by atoms with E-state index in [4.69, 9.17) is 0 Å². The van der Waals surface area contributed by atoms with E-state index in [1.54, 1.807) is 0 Å². The summed E-state index contributed by atoms with van der Waals surface area (Å²) < 4.78 is 0. The lowest BCUT2D eigenvalue weighted by Gasteiger charge is -2.34. The SMILES string of the molecule is CC1CCC(C)(C)C1.CC1CCCC1(C)C.CN1CCC(C)(C)CC1. The number of piperidine rings is 1. The zero-order valence-corrected chi connectivity index (χ0v) is 19.2. The summed E-state index contributed by atoms with van der Waals surface area (Å²) in [5.74, 6) is 1.95. The molecule has 3 aliphatic rings. The molecule has 3 fully saturated rings. The fraction of sp³-hybridized carbons (Fsp3) is 1.00. The van der Waals surface area contributed by atoms with E-state index in [1.807, 2.05) is 0 Å². The fourth-order valence-electron chi connectivity index (χ4n) is 4.51. The fourth-order valence-corrected chi connectivity index (χ4v) is 4.51. The van der Waals surface area contributed by atoms with E-state index < -0.39 is 0 Å². The minimum absolute atomic E-state index is 0.618. The lowest BCUT2D eigenvalue weighted by Crippen LogP contribution is -2.34. The zero-order chi connectivity index (χ0) is 19.3. The average molecular weight is 352 g/mol. The van der Waals surface area contributed by atoms with Crippen molar-refractivity contribution >= 4 is 0 Å². The molecule has 0 aromatic heterocycles. The van der Waals surface area contributed by atoms with Gasteiger partial charge in [0.1, 0.15) is 0 Å². The highest BCUT2D eigenvalue weighted by Crippen LogP contribution is 2.42. The van der Waals surface area contributed by atoms with E-state index in [-0.39, 0.29) is 0 Å². The van der Waals surface area contributed by atoms with Crippen molar-refractivity contribution in [3.63, 3.8) is 0 Å². The van der Waals surface area contributed by atoms with E-state index >= 15 is 0 Å². The molecule has 1 saturated heterocycles. The van der Waals surface area contributed by atoms with Crippen LogP contribution in [-0.2, 0) is 0 Å². The molecule has 0 radical (unpaired) electrons. The summed E-state index contributed by atoms with van der Waals surface area (Å²) in [5.41, 5.74) is 1.94. The van der Waals surface area contributed by atoms with Gasteiger partial charge in [0.15, 0.2) is 0 Å². The summed E-state index contributed by atoms with van der Waals surface area (Å²) in [7, 11) is 2.20. The Labute approximate surface area is 160 Å². The first-order chi connectivity index (χ1) is 11.3. The summed E-state index contributed by atoms with van der Waals surface area (Å²) in [6, 6.07) is 0. The number of rotatable bonds is 0. The van der Waals surface area contributed by atoms with Crippen molar-refractivity contribution in [3.05, 3.63) is 0 Å². The summed E-state index contributed by atoms with van der Waals surface area (Å²) in [5, 5.41) is 0. The van der Waals surface area contributed by atoms with Crippen molar-refractivity contribution in [2.45, 2.75) is 107 Å². The second-order valence-electron chi connectivity index (χ2n) is 11.8. The molecule has 2 aliphatic carbocycles. The lowest BCUT2D eigenvalue weighted by atomic mass is 9.83. The molecule has 25 heavy (non-hydrogen) atoms. The lowest BCUT2D eigenvalue weighted by molar-refractivity contribution is 0.157. The minimum atomic E-state index is 0.618. The van der Waals surface area contributed by atoms with Gasteiger partial charge in [0.05, 0.1) is 0 Å². The Morgan fingerprint density at radius 1 is 0.720 bits per heavy atom. The Morgan fingerprint density at radius 2 is 1.28 bits per heavy atom. The van der Waals surface area contributed by atoms with Gasteiger partial charge in [0.25, 0.3) is 0 Å². The third kappa shape index (κ3) is 8.94. The van der Waals surface area contributed by atoms with Crippen molar-refractivity contribution < 1.29 is 0 Å². The van der Waals surface area contributed by atoms with Crippen molar-refractivity contribution in [1.29, 1.82) is 0 Å². The van der Waals surface area contributed by atoms with E-state index in [0.717, 1.165) is 11.8 Å². The summed E-state index contributed by atoms with van der Waals surface area (Å²) in [6.45, 7) is 21.5. The first-order valence-corrected chi connectivity index (χ1v) is 11.0. The van der Waals surface area contributed by atoms with Gasteiger partial charge in [-0.1, -0.05) is 74.7 Å². The molecule has 2 unspecified atom stereocenters. The van der Waals surface area contributed by atoms with E-state index in [9.17, 15) is 0 Å². The van der Waals surface area contributed by atoms with Gasteiger partial charge in [0, 0.05) is 0 Å². The maximum Gasteiger partial charge on any atom is -0.00167 e. The van der Waals surface area contributed by atoms with E-state index in [2.05, 4.69) is 67.3 Å². The molecule has 2 atom stereocenters. The van der Waals surface area contributed by atoms with E-state index in [1.165, 1.54) is 64.5 Å². The number of hydrogen-bond acceptors (Lipinski definition) is 1. The molecular weight excluding hydrogens is 302 g/mol. The van der Waals surface area contributed by atoms with Gasteiger partial charge in [-0.25, -0.2) is 0 Å². The molecule has 1 heterocycles. The zero-order valence-electron chi connectivity index (χ0n) is 19.2. The summed E-state index contributed by atoms with van der Waals surface area (Å²) in [4.78, 5) is 2.41. The van der Waals surface area contributed by atoms with Gasteiger partial charge >= 0.3 is 0 Å². The van der Waals surface area contributed by atoms with Crippen molar-refractivity contribution in [3.8, 4) is 0 Å². The Balaban J connectivity index is 0.000000188. The molecule has 0 bridgehead atoms. The molecule has 1 heteroatoms. The minimum Gasteiger partial charge on any atom is -0.306 e. The number of nitrogens with zero attached hydrogens (tertiary/aromatic N) is 1. The molecule has 0 N–H and O–H groups in total. The molecule has 1 nitrogen and oxygen atoms in total. The van der Waals surface area contributed by atoms with Crippen LogP contribution in [0.15, 0.2) is 0 Å². The highest BCUT2D eigenvalue weighted by atomic mass is 15.1. The molecule has 150 valence electrons. The Bertz CT molecular complexity index is 370. The number of likely N-dealkylation sites (tertiary alicyclic amines) is 1. The topological polar surface area (TPSA) is 3.24 Å². The van der Waals surface area contributed by atoms with Gasteiger partial charge in [0.2, 0.25) is 0 Å². The highest BCUT2D eigenvalue weighted by molar-refractivity contribution is 4.81. The van der Waals surface area contributed by atoms with Crippen LogP contribution >= 0.6 is 0 Å². The largest absolute Gasteiger partial charge is 0.306 e. The predicted molar refractivity (Wildman–Crippen MR) is 114 cm³/mol. The predicted octanol–water partition coefficient (Wildman–Crippen LogP) is 7.40. The molecule has 0 spiro atoms. The van der Waals surface area contributed by atoms with Crippen LogP contribution in [-0.4, -0.2) is 25.0 Å². The average Bonchev–Trinajstić information content (AvgIpc) is 2.96. The van der Waals surface area contributed by atoms with E-state index in [0.29, 0.717) is 16.2 Å². The quantitative estimate of drug-likeness (QED) is 0.439. The molecule has 0 amide bonds. The van der Waals surface area contributed by atoms with Crippen LogP contribution < -0.4 is 0 Å². The molecule has 2 saturated carbocycles. The van der Waals surface area contributed by atoms with Crippen LogP contribution in [0.3, 0.4) is 0 Å². The van der Waals surface area contributed by atoms with Gasteiger partial charge < -0.3 is 4.90 Å². The second kappa shape index (κ2) is 9.25. The maximum absolute atomic E-state index is 2.41. The first kappa shape index (κ1) is 23.0. The van der Waals surface area contributed by atoms with Crippen molar-refractivity contribution in [1.82, 2.24) is 4.90 Å². The van der Waals surface area contributed by atoms with Gasteiger partial charge in [-0.15, -0.1) is 0 Å². The van der Waals surface area contributed by atoms with Crippen molar-refractivity contribution in [2.75, 3.05) is 20.1 Å². The van der Waals surface area contributed by atoms with Gasteiger partial charge in [-0.2, -0.15) is 0 Å². The van der Waals surface area contributed by atoms with Crippen LogP contribution in [0.2, 0.25) is 0 Å². The van der Waals surface area contributed by atoms with Crippen LogP contribution in [0, 0.1) is 28.1 Å². The number of hydrogen-bond donors (Lipinski definition) is 0. The highest BCUT2D eigenvalue weighted by Gasteiger charge is 2.30. The van der Waals surface area contributed by atoms with Crippen LogP contribution in [0.25, 0.3) is 0 Å². The summed E-state index contributed by atoms with van der Waals surface area (Å²) >= 11 is 0. The standard InChI is InChI=1S/C8H17N.2C8H16/c1-8(2)4-6-9(3)7-5-8;1-7-4-5-8(2,3)6-7;1-7-5-4-6-8(7,2)3/h4-7H2,1-3H3;2*7H,4-6H2,1-3H3. The first-order valence-electron chi connectivity index (χ1n) is 11.0.